The summed E-state index contributed by atoms with van der Waals surface area (Å²) < 4.78 is 5.60. The molecule has 5 atom stereocenters. The number of hydrogen-bond acceptors (Lipinski definition) is 4. The van der Waals surface area contributed by atoms with E-state index in [1.165, 1.54) is 6.92 Å². The highest BCUT2D eigenvalue weighted by molar-refractivity contribution is 5.72. The van der Waals surface area contributed by atoms with E-state index in [0.29, 0.717) is 6.54 Å². The van der Waals surface area contributed by atoms with E-state index in [2.05, 4.69) is 5.32 Å². The first-order valence-electron chi connectivity index (χ1n) is 5.66. The van der Waals surface area contributed by atoms with Crippen molar-refractivity contribution >= 4 is 5.91 Å². The van der Waals surface area contributed by atoms with Crippen molar-refractivity contribution in [3.8, 4) is 0 Å². The zero-order valence-electron chi connectivity index (χ0n) is 10.0. The Bertz CT molecular complexity index is 244. The Morgan fingerprint density at radius 2 is 2.06 bits per heavy atom. The van der Waals surface area contributed by atoms with Crippen molar-refractivity contribution in [2.45, 2.75) is 39.1 Å². The monoisotopic (exact) mass is 231 g/mol. The zero-order chi connectivity index (χ0) is 12.3. The first-order valence-corrected chi connectivity index (χ1v) is 5.66. The lowest BCUT2D eigenvalue weighted by Gasteiger charge is -2.42. The second-order valence-corrected chi connectivity index (χ2v) is 4.51. The Balaban J connectivity index is 2.65. The fraction of sp³-hybridized carbons (Fsp3) is 0.909. The summed E-state index contributed by atoms with van der Waals surface area (Å²) >= 11 is 0. The Morgan fingerprint density at radius 1 is 1.44 bits per heavy atom. The van der Waals surface area contributed by atoms with Gasteiger partial charge in [0.25, 0.3) is 0 Å². The summed E-state index contributed by atoms with van der Waals surface area (Å²) in [5, 5.41) is 21.9. The zero-order valence-corrected chi connectivity index (χ0v) is 10.0. The van der Waals surface area contributed by atoms with Crippen molar-refractivity contribution in [1.82, 2.24) is 5.32 Å². The Labute approximate surface area is 95.8 Å². The van der Waals surface area contributed by atoms with Crippen LogP contribution in [0, 0.1) is 11.8 Å². The first-order chi connectivity index (χ1) is 7.47. The van der Waals surface area contributed by atoms with Gasteiger partial charge in [0.05, 0.1) is 24.9 Å². The maximum absolute atomic E-state index is 10.8. The van der Waals surface area contributed by atoms with Crippen LogP contribution in [0.25, 0.3) is 0 Å². The average molecular weight is 231 g/mol. The second-order valence-electron chi connectivity index (χ2n) is 4.51. The molecular weight excluding hydrogens is 210 g/mol. The SMILES string of the molecule is CC(=O)NCC1[C@H](CO)OC(C)[C@@H](C)[C@H]1O. The first kappa shape index (κ1) is 13.4. The van der Waals surface area contributed by atoms with Crippen LogP contribution in [-0.4, -0.2) is 47.6 Å². The molecule has 1 fully saturated rings. The summed E-state index contributed by atoms with van der Waals surface area (Å²) in [6.45, 7) is 5.40. The fourth-order valence-corrected chi connectivity index (χ4v) is 2.08. The van der Waals surface area contributed by atoms with Gasteiger partial charge in [0.1, 0.15) is 0 Å². The molecule has 16 heavy (non-hydrogen) atoms. The van der Waals surface area contributed by atoms with E-state index in [4.69, 9.17) is 4.74 Å². The molecule has 1 saturated heterocycles. The van der Waals surface area contributed by atoms with E-state index < -0.39 is 12.2 Å². The number of carbonyl (C=O) groups excluding carboxylic acids is 1. The third-order valence-electron chi connectivity index (χ3n) is 3.35. The van der Waals surface area contributed by atoms with Crippen LogP contribution in [0.2, 0.25) is 0 Å². The van der Waals surface area contributed by atoms with Crippen molar-refractivity contribution < 1.29 is 19.7 Å². The molecule has 5 heteroatoms. The molecule has 2 unspecified atom stereocenters. The largest absolute Gasteiger partial charge is 0.394 e. The predicted octanol–water partition coefficient (Wildman–Crippen LogP) is -0.485. The normalized spacial score (nSPS) is 39.4. The summed E-state index contributed by atoms with van der Waals surface area (Å²) in [6.07, 6.45) is -1.05. The Kier molecular flexibility index (Phi) is 4.70. The van der Waals surface area contributed by atoms with Crippen LogP contribution in [0.3, 0.4) is 0 Å². The molecule has 0 radical (unpaired) electrons. The number of hydrogen-bond donors (Lipinski definition) is 3. The van der Waals surface area contributed by atoms with E-state index in [0.717, 1.165) is 0 Å². The van der Waals surface area contributed by atoms with Crippen LogP contribution in [-0.2, 0) is 9.53 Å². The van der Waals surface area contributed by atoms with Gasteiger partial charge in [0.15, 0.2) is 0 Å². The number of aliphatic hydroxyl groups is 2. The predicted molar refractivity (Wildman–Crippen MR) is 58.8 cm³/mol. The van der Waals surface area contributed by atoms with Gasteiger partial charge in [-0.25, -0.2) is 0 Å². The van der Waals surface area contributed by atoms with E-state index >= 15 is 0 Å². The topological polar surface area (TPSA) is 78.8 Å². The summed E-state index contributed by atoms with van der Waals surface area (Å²) in [5.41, 5.74) is 0. The van der Waals surface area contributed by atoms with Gasteiger partial charge in [0, 0.05) is 25.3 Å². The lowest BCUT2D eigenvalue weighted by atomic mass is 9.82. The maximum Gasteiger partial charge on any atom is 0.216 e. The van der Waals surface area contributed by atoms with E-state index in [-0.39, 0.29) is 30.5 Å². The molecule has 1 aliphatic rings. The number of rotatable bonds is 3. The molecule has 0 saturated carbocycles. The quantitative estimate of drug-likeness (QED) is 0.613. The van der Waals surface area contributed by atoms with Crippen molar-refractivity contribution in [2.24, 2.45) is 11.8 Å². The molecule has 0 spiro atoms. The third kappa shape index (κ3) is 2.93. The van der Waals surface area contributed by atoms with Crippen molar-refractivity contribution in [3.63, 3.8) is 0 Å². The minimum atomic E-state index is -0.562. The Morgan fingerprint density at radius 3 is 2.56 bits per heavy atom. The van der Waals surface area contributed by atoms with Gasteiger partial charge in [-0.1, -0.05) is 6.92 Å². The van der Waals surface area contributed by atoms with Gasteiger partial charge in [-0.15, -0.1) is 0 Å². The van der Waals surface area contributed by atoms with E-state index in [1.807, 2.05) is 13.8 Å². The molecule has 5 nitrogen and oxygen atoms in total. The lowest BCUT2D eigenvalue weighted by Crippen LogP contribution is -2.53. The summed E-state index contributed by atoms with van der Waals surface area (Å²) in [7, 11) is 0. The second kappa shape index (κ2) is 5.61. The van der Waals surface area contributed by atoms with Gasteiger partial charge in [-0.2, -0.15) is 0 Å². The van der Waals surface area contributed by atoms with Gasteiger partial charge < -0.3 is 20.3 Å². The van der Waals surface area contributed by atoms with E-state index in [9.17, 15) is 15.0 Å². The molecule has 0 bridgehead atoms. The molecule has 3 N–H and O–H groups in total. The van der Waals surface area contributed by atoms with Crippen LogP contribution in [0.1, 0.15) is 20.8 Å². The summed E-state index contributed by atoms with van der Waals surface area (Å²) in [5.74, 6) is -0.392. The molecule has 1 amide bonds. The summed E-state index contributed by atoms with van der Waals surface area (Å²) in [4.78, 5) is 10.8. The minimum Gasteiger partial charge on any atom is -0.394 e. The van der Waals surface area contributed by atoms with Crippen LogP contribution in [0.4, 0.5) is 0 Å². The van der Waals surface area contributed by atoms with Crippen molar-refractivity contribution in [3.05, 3.63) is 0 Å². The van der Waals surface area contributed by atoms with Crippen molar-refractivity contribution in [2.75, 3.05) is 13.2 Å². The van der Waals surface area contributed by atoms with Crippen molar-refractivity contribution in [1.29, 1.82) is 0 Å². The smallest absolute Gasteiger partial charge is 0.216 e. The van der Waals surface area contributed by atoms with Crippen LogP contribution >= 0.6 is 0 Å². The number of carbonyl (C=O) groups is 1. The molecule has 1 rings (SSSR count). The Hall–Kier alpha value is -0.650. The van der Waals surface area contributed by atoms with Gasteiger partial charge in [-0.3, -0.25) is 4.79 Å². The van der Waals surface area contributed by atoms with Gasteiger partial charge in [0.2, 0.25) is 5.91 Å². The molecule has 1 aliphatic heterocycles. The number of aliphatic hydroxyl groups excluding tert-OH is 2. The maximum atomic E-state index is 10.8. The van der Waals surface area contributed by atoms with Crippen LogP contribution in [0.5, 0.6) is 0 Å². The average Bonchev–Trinajstić information content (AvgIpc) is 2.23. The molecular formula is C11H21NO4. The molecule has 0 aromatic rings. The molecule has 1 heterocycles. The number of nitrogens with one attached hydrogen (secondary N) is 1. The molecule has 0 aliphatic carbocycles. The minimum absolute atomic E-state index is 0.00144. The van der Waals surface area contributed by atoms with Crippen LogP contribution < -0.4 is 5.32 Å². The molecule has 94 valence electrons. The third-order valence-corrected chi connectivity index (χ3v) is 3.35. The van der Waals surface area contributed by atoms with Crippen LogP contribution in [0.15, 0.2) is 0 Å². The van der Waals surface area contributed by atoms with Gasteiger partial charge in [-0.05, 0) is 6.92 Å². The number of amides is 1. The molecule has 0 aromatic heterocycles. The number of ether oxygens (including phenoxy) is 1. The standard InChI is InChI=1S/C11H21NO4/c1-6-7(2)16-10(5-13)9(11(6)15)4-12-8(3)14/h6-7,9-11,13,15H,4-5H2,1-3H3,(H,12,14)/t6-,7?,9?,10+,11-/m1/s1. The summed E-state index contributed by atoms with van der Waals surface area (Å²) in [6, 6.07) is 0. The fourth-order valence-electron chi connectivity index (χ4n) is 2.08. The lowest BCUT2D eigenvalue weighted by molar-refractivity contribution is -0.172. The highest BCUT2D eigenvalue weighted by Crippen LogP contribution is 2.29. The van der Waals surface area contributed by atoms with E-state index in [1.54, 1.807) is 0 Å². The molecule has 0 aromatic carbocycles. The highest BCUT2D eigenvalue weighted by Gasteiger charge is 2.40. The van der Waals surface area contributed by atoms with Gasteiger partial charge >= 0.3 is 0 Å². The highest BCUT2D eigenvalue weighted by atomic mass is 16.5.